The van der Waals surface area contributed by atoms with Crippen LogP contribution in [0.2, 0.25) is 0 Å². The van der Waals surface area contributed by atoms with Crippen molar-refractivity contribution in [3.8, 4) is 0 Å². The predicted octanol–water partition coefficient (Wildman–Crippen LogP) is 3.46. The molecule has 1 N–H and O–H groups in total. The zero-order valence-electron chi connectivity index (χ0n) is 13.2. The predicted molar refractivity (Wildman–Crippen MR) is 85.0 cm³/mol. The van der Waals surface area contributed by atoms with Crippen LogP contribution in [0.15, 0.2) is 18.2 Å². The van der Waals surface area contributed by atoms with E-state index < -0.39 is 0 Å². The number of benzene rings is 1. The molecule has 3 rings (SSSR count). The highest BCUT2D eigenvalue weighted by Crippen LogP contribution is 2.29. The molecule has 0 radical (unpaired) electrons. The smallest absolute Gasteiger partial charge is 0.225 e. The quantitative estimate of drug-likeness (QED) is 0.903. The third-order valence-electron chi connectivity index (χ3n) is 5.24. The van der Waals surface area contributed by atoms with E-state index in [4.69, 9.17) is 0 Å². The van der Waals surface area contributed by atoms with E-state index >= 15 is 0 Å². The molecule has 1 saturated heterocycles. The first-order chi connectivity index (χ1) is 10.2. The van der Waals surface area contributed by atoms with Gasteiger partial charge in [-0.1, -0.05) is 37.5 Å². The van der Waals surface area contributed by atoms with Crippen LogP contribution < -0.4 is 5.32 Å². The van der Waals surface area contributed by atoms with Gasteiger partial charge in [-0.2, -0.15) is 0 Å². The molecule has 1 saturated carbocycles. The van der Waals surface area contributed by atoms with Crippen molar-refractivity contribution < 1.29 is 4.79 Å². The molecule has 1 heterocycles. The van der Waals surface area contributed by atoms with Gasteiger partial charge in [-0.25, -0.2) is 0 Å². The topological polar surface area (TPSA) is 32.3 Å². The molecular formula is C18H26N2O. The summed E-state index contributed by atoms with van der Waals surface area (Å²) >= 11 is 0. The van der Waals surface area contributed by atoms with E-state index in [2.05, 4.69) is 42.3 Å². The van der Waals surface area contributed by atoms with Crippen LogP contribution in [-0.2, 0) is 4.79 Å². The lowest BCUT2D eigenvalue weighted by molar-refractivity contribution is -0.138. The molecule has 1 aliphatic carbocycles. The third kappa shape index (κ3) is 2.98. The van der Waals surface area contributed by atoms with E-state index in [1.807, 2.05) is 0 Å². The number of amides is 1. The van der Waals surface area contributed by atoms with Gasteiger partial charge < -0.3 is 4.90 Å². The second-order valence-electron chi connectivity index (χ2n) is 6.56. The summed E-state index contributed by atoms with van der Waals surface area (Å²) in [5, 5.41) is 3.59. The number of nitrogens with one attached hydrogen (secondary N) is 1. The molecule has 3 heteroatoms. The number of hydrogen-bond donors (Lipinski definition) is 1. The van der Waals surface area contributed by atoms with Crippen molar-refractivity contribution in [2.75, 3.05) is 6.67 Å². The summed E-state index contributed by atoms with van der Waals surface area (Å²) in [6.07, 6.45) is 6.84. The van der Waals surface area contributed by atoms with Gasteiger partial charge in [0.2, 0.25) is 5.91 Å². The maximum absolute atomic E-state index is 12.6. The van der Waals surface area contributed by atoms with Gasteiger partial charge in [0.1, 0.15) is 0 Å². The minimum absolute atomic E-state index is 0.178. The molecule has 1 aromatic rings. The van der Waals surface area contributed by atoms with E-state index in [-0.39, 0.29) is 6.04 Å². The van der Waals surface area contributed by atoms with Crippen molar-refractivity contribution in [2.45, 2.75) is 64.5 Å². The highest BCUT2D eigenvalue weighted by Gasteiger charge is 2.32. The van der Waals surface area contributed by atoms with Crippen molar-refractivity contribution in [1.29, 1.82) is 0 Å². The van der Waals surface area contributed by atoms with Crippen LogP contribution in [0.4, 0.5) is 0 Å². The van der Waals surface area contributed by atoms with Crippen LogP contribution in [0.3, 0.4) is 0 Å². The normalized spacial score (nSPS) is 24.4. The largest absolute Gasteiger partial charge is 0.327 e. The first-order valence-electron chi connectivity index (χ1n) is 8.26. The SMILES string of the molecule is Cc1cccc(C2CC(=O)N(C3CCCCC3)CN2)c1C. The van der Waals surface area contributed by atoms with E-state index in [0.717, 1.165) is 0 Å². The monoisotopic (exact) mass is 286 g/mol. The van der Waals surface area contributed by atoms with Crippen LogP contribution >= 0.6 is 0 Å². The molecule has 0 bridgehead atoms. The fourth-order valence-corrected chi connectivity index (χ4v) is 3.76. The average Bonchev–Trinajstić information content (AvgIpc) is 2.51. The van der Waals surface area contributed by atoms with Crippen molar-refractivity contribution >= 4 is 5.91 Å². The molecule has 2 fully saturated rings. The molecule has 1 aromatic carbocycles. The Bertz CT molecular complexity index is 520. The lowest BCUT2D eigenvalue weighted by Gasteiger charge is -2.40. The molecular weight excluding hydrogens is 260 g/mol. The third-order valence-corrected chi connectivity index (χ3v) is 5.24. The van der Waals surface area contributed by atoms with Crippen molar-refractivity contribution in [2.24, 2.45) is 0 Å². The molecule has 1 unspecified atom stereocenters. The molecule has 2 aliphatic rings. The maximum atomic E-state index is 12.6. The number of hydrogen-bond acceptors (Lipinski definition) is 2. The Balaban J connectivity index is 1.70. The summed E-state index contributed by atoms with van der Waals surface area (Å²) in [6, 6.07) is 7.04. The summed E-state index contributed by atoms with van der Waals surface area (Å²) in [6.45, 7) is 5.00. The van der Waals surface area contributed by atoms with E-state index in [1.54, 1.807) is 0 Å². The lowest BCUT2D eigenvalue weighted by atomic mass is 9.91. The fraction of sp³-hybridized carbons (Fsp3) is 0.611. The van der Waals surface area contributed by atoms with Crippen molar-refractivity contribution in [1.82, 2.24) is 10.2 Å². The first-order valence-corrected chi connectivity index (χ1v) is 8.26. The second-order valence-corrected chi connectivity index (χ2v) is 6.56. The second kappa shape index (κ2) is 6.18. The molecule has 114 valence electrons. The van der Waals surface area contributed by atoms with Crippen LogP contribution in [0.1, 0.15) is 61.3 Å². The Morgan fingerprint density at radius 2 is 1.90 bits per heavy atom. The van der Waals surface area contributed by atoms with Gasteiger partial charge in [-0.05, 0) is 43.4 Å². The summed E-state index contributed by atoms with van der Waals surface area (Å²) in [5.41, 5.74) is 3.90. The van der Waals surface area contributed by atoms with Gasteiger partial charge in [0.05, 0.1) is 6.67 Å². The van der Waals surface area contributed by atoms with E-state index in [9.17, 15) is 4.79 Å². The minimum Gasteiger partial charge on any atom is -0.327 e. The highest BCUT2D eigenvalue weighted by atomic mass is 16.2. The van der Waals surface area contributed by atoms with E-state index in [0.29, 0.717) is 25.0 Å². The van der Waals surface area contributed by atoms with Crippen LogP contribution in [0, 0.1) is 13.8 Å². The summed E-state index contributed by atoms with van der Waals surface area (Å²) < 4.78 is 0. The average molecular weight is 286 g/mol. The van der Waals surface area contributed by atoms with Gasteiger partial charge in [0.25, 0.3) is 0 Å². The van der Waals surface area contributed by atoms with Gasteiger partial charge in [0.15, 0.2) is 0 Å². The van der Waals surface area contributed by atoms with E-state index in [1.165, 1.54) is 48.8 Å². The molecule has 21 heavy (non-hydrogen) atoms. The Hall–Kier alpha value is -1.35. The molecule has 1 aliphatic heterocycles. The Kier molecular flexibility index (Phi) is 4.29. The Morgan fingerprint density at radius 3 is 2.62 bits per heavy atom. The van der Waals surface area contributed by atoms with Crippen molar-refractivity contribution in [3.63, 3.8) is 0 Å². The zero-order valence-corrected chi connectivity index (χ0v) is 13.2. The zero-order chi connectivity index (χ0) is 14.8. The number of carbonyl (C=O) groups is 1. The first kappa shape index (κ1) is 14.6. The Morgan fingerprint density at radius 1 is 1.14 bits per heavy atom. The van der Waals surface area contributed by atoms with Gasteiger partial charge in [-0.3, -0.25) is 10.1 Å². The van der Waals surface area contributed by atoms with Crippen LogP contribution in [0.5, 0.6) is 0 Å². The molecule has 1 amide bonds. The minimum atomic E-state index is 0.178. The summed E-state index contributed by atoms with van der Waals surface area (Å²) in [5.74, 6) is 0.326. The summed E-state index contributed by atoms with van der Waals surface area (Å²) in [7, 11) is 0. The standard InChI is InChI=1S/C18H26N2O/c1-13-7-6-10-16(14(13)2)17-11-18(21)20(12-19-17)15-8-4-3-5-9-15/h6-7,10,15,17,19H,3-5,8-9,11-12H2,1-2H3. The number of rotatable bonds is 2. The fourth-order valence-electron chi connectivity index (χ4n) is 3.76. The van der Waals surface area contributed by atoms with Gasteiger partial charge >= 0.3 is 0 Å². The number of carbonyl (C=O) groups excluding carboxylic acids is 1. The molecule has 0 spiro atoms. The molecule has 0 aromatic heterocycles. The molecule has 1 atom stereocenters. The Labute approximate surface area is 127 Å². The maximum Gasteiger partial charge on any atom is 0.225 e. The van der Waals surface area contributed by atoms with Crippen molar-refractivity contribution in [3.05, 3.63) is 34.9 Å². The van der Waals surface area contributed by atoms with Gasteiger partial charge in [0, 0.05) is 18.5 Å². The van der Waals surface area contributed by atoms with Crippen LogP contribution in [0.25, 0.3) is 0 Å². The van der Waals surface area contributed by atoms with Crippen LogP contribution in [-0.4, -0.2) is 23.5 Å². The highest BCUT2D eigenvalue weighted by molar-refractivity contribution is 5.78. The number of nitrogens with zero attached hydrogens (tertiary/aromatic N) is 1. The number of aryl methyl sites for hydroxylation is 1. The lowest BCUT2D eigenvalue weighted by Crippen LogP contribution is -2.52. The van der Waals surface area contributed by atoms with Gasteiger partial charge in [-0.15, -0.1) is 0 Å². The molecule has 3 nitrogen and oxygen atoms in total. The summed E-state index contributed by atoms with van der Waals surface area (Å²) in [4.78, 5) is 14.6.